The molecule has 2 amide bonds. The van der Waals surface area contributed by atoms with Gasteiger partial charge in [0.25, 0.3) is 0 Å². The number of nitrogens with one attached hydrogen (secondary N) is 2. The minimum atomic E-state index is -0.363. The van der Waals surface area contributed by atoms with Gasteiger partial charge in [0.1, 0.15) is 11.6 Å². The predicted molar refractivity (Wildman–Crippen MR) is 92.1 cm³/mol. The van der Waals surface area contributed by atoms with Gasteiger partial charge in [0.2, 0.25) is 5.13 Å². The molecule has 0 fully saturated rings. The van der Waals surface area contributed by atoms with Crippen molar-refractivity contribution < 1.29 is 14.6 Å². The Balaban J connectivity index is 2.13. The highest BCUT2D eigenvalue weighted by Crippen LogP contribution is 2.36. The third-order valence-corrected chi connectivity index (χ3v) is 5.14. The molecule has 0 spiro atoms. The molecule has 0 aliphatic rings. The van der Waals surface area contributed by atoms with Crippen molar-refractivity contribution in [2.75, 3.05) is 17.7 Å². The van der Waals surface area contributed by atoms with Gasteiger partial charge in [-0.2, -0.15) is 0 Å². The maximum absolute atomic E-state index is 12.1. The van der Waals surface area contributed by atoms with Crippen LogP contribution in [0.2, 0.25) is 0 Å². The second-order valence-electron chi connectivity index (χ2n) is 5.83. The number of carbonyl (C=O) groups excluding carboxylic acids is 1. The van der Waals surface area contributed by atoms with Crippen molar-refractivity contribution in [3.63, 3.8) is 0 Å². The summed E-state index contributed by atoms with van der Waals surface area (Å²) in [5, 5.41) is 14.5. The minimum Gasteiger partial charge on any atom is -0.306 e. The normalized spacial score (nSPS) is 11.5. The first-order valence-electron chi connectivity index (χ1n) is 6.96. The number of nitrogens with zero attached hydrogens (tertiary/aromatic N) is 2. The van der Waals surface area contributed by atoms with Crippen molar-refractivity contribution in [1.29, 1.82) is 0 Å². The molecule has 2 rings (SSSR count). The van der Waals surface area contributed by atoms with Gasteiger partial charge in [0, 0.05) is 4.88 Å². The fourth-order valence-electron chi connectivity index (χ4n) is 1.72. The largest absolute Gasteiger partial charge is 0.325 e. The molecule has 0 bridgehead atoms. The first-order valence-corrected chi connectivity index (χ1v) is 8.60. The van der Waals surface area contributed by atoms with Gasteiger partial charge in [-0.25, -0.2) is 14.6 Å². The number of anilines is 2. The second-order valence-corrected chi connectivity index (χ2v) is 8.15. The van der Waals surface area contributed by atoms with E-state index in [1.54, 1.807) is 11.3 Å². The highest BCUT2D eigenvalue weighted by Gasteiger charge is 2.21. The zero-order chi connectivity index (χ0) is 17.0. The first-order chi connectivity index (χ1) is 10.8. The molecule has 0 unspecified atom stereocenters. The fraction of sp³-hybridized carbons (Fsp3) is 0.500. The Morgan fingerprint density at radius 3 is 2.57 bits per heavy atom. The fourth-order valence-corrected chi connectivity index (χ4v) is 3.38. The van der Waals surface area contributed by atoms with Crippen molar-refractivity contribution in [3.05, 3.63) is 20.8 Å². The van der Waals surface area contributed by atoms with Crippen LogP contribution in [-0.4, -0.2) is 23.3 Å². The Morgan fingerprint density at radius 2 is 2.00 bits per heavy atom. The summed E-state index contributed by atoms with van der Waals surface area (Å²) in [4.78, 5) is 23.8. The van der Waals surface area contributed by atoms with Gasteiger partial charge in [-0.3, -0.25) is 5.32 Å². The van der Waals surface area contributed by atoms with Crippen LogP contribution < -0.4 is 10.6 Å². The Bertz CT molecular complexity index is 676. The highest BCUT2D eigenvalue weighted by molar-refractivity contribution is 7.15. The standard InChI is InChI=1S/C14H20N4O3S2/c1-8-17-18-13(22-8)16-12(19)15-9-6-11(14(2,3)4)23-10(9)7-21-20-5/h6H,7H2,1-5H3,(H2,15,16,18,19). The molecule has 0 aliphatic carbocycles. The molecule has 0 atom stereocenters. The molecule has 7 nitrogen and oxygen atoms in total. The zero-order valence-electron chi connectivity index (χ0n) is 13.7. The van der Waals surface area contributed by atoms with Crippen molar-refractivity contribution in [2.45, 2.75) is 39.7 Å². The zero-order valence-corrected chi connectivity index (χ0v) is 15.4. The van der Waals surface area contributed by atoms with E-state index in [9.17, 15) is 4.79 Å². The van der Waals surface area contributed by atoms with Gasteiger partial charge in [0.05, 0.1) is 17.7 Å². The predicted octanol–water partition coefficient (Wildman–Crippen LogP) is 3.93. The molecule has 9 heteroatoms. The molecule has 23 heavy (non-hydrogen) atoms. The molecule has 0 saturated carbocycles. The summed E-state index contributed by atoms with van der Waals surface area (Å²) < 4.78 is 0. The number of hydrogen-bond acceptors (Lipinski definition) is 7. The van der Waals surface area contributed by atoms with Crippen LogP contribution in [0.4, 0.5) is 15.6 Å². The van der Waals surface area contributed by atoms with Crippen LogP contribution in [-0.2, 0) is 21.8 Å². The van der Waals surface area contributed by atoms with Crippen LogP contribution in [0.5, 0.6) is 0 Å². The number of carbonyl (C=O) groups is 1. The minimum absolute atomic E-state index is 0.0146. The Morgan fingerprint density at radius 1 is 1.26 bits per heavy atom. The molecule has 0 saturated heterocycles. The summed E-state index contributed by atoms with van der Waals surface area (Å²) in [6.07, 6.45) is 0. The maximum atomic E-state index is 12.1. The molecular formula is C14H20N4O3S2. The number of aromatic nitrogens is 2. The summed E-state index contributed by atoms with van der Waals surface area (Å²) >= 11 is 2.90. The number of hydrogen-bond donors (Lipinski definition) is 2. The Labute approximate surface area is 143 Å². The molecule has 2 heterocycles. The monoisotopic (exact) mass is 356 g/mol. The summed E-state index contributed by atoms with van der Waals surface area (Å²) in [6.45, 7) is 8.45. The van der Waals surface area contributed by atoms with E-state index in [1.165, 1.54) is 18.4 Å². The van der Waals surface area contributed by atoms with Crippen molar-refractivity contribution in [1.82, 2.24) is 10.2 Å². The lowest BCUT2D eigenvalue weighted by Gasteiger charge is -2.15. The maximum Gasteiger partial charge on any atom is 0.325 e. The van der Waals surface area contributed by atoms with E-state index < -0.39 is 0 Å². The Hall–Kier alpha value is -1.55. The third-order valence-electron chi connectivity index (χ3n) is 2.85. The average Bonchev–Trinajstić information content (AvgIpc) is 3.02. The number of urea groups is 1. The van der Waals surface area contributed by atoms with Crippen molar-refractivity contribution in [3.8, 4) is 0 Å². The van der Waals surface area contributed by atoms with E-state index in [1.807, 2.05) is 13.0 Å². The van der Waals surface area contributed by atoms with E-state index in [0.29, 0.717) is 10.8 Å². The van der Waals surface area contributed by atoms with E-state index in [-0.39, 0.29) is 18.1 Å². The van der Waals surface area contributed by atoms with Gasteiger partial charge in [-0.05, 0) is 18.4 Å². The lowest BCUT2D eigenvalue weighted by Crippen LogP contribution is -2.19. The number of amides is 2. The molecule has 0 aromatic carbocycles. The summed E-state index contributed by atoms with van der Waals surface area (Å²) in [5.74, 6) is 0. The topological polar surface area (TPSA) is 85.4 Å². The van der Waals surface area contributed by atoms with Gasteiger partial charge in [0.15, 0.2) is 0 Å². The smallest absolute Gasteiger partial charge is 0.306 e. The van der Waals surface area contributed by atoms with Crippen LogP contribution in [0.1, 0.15) is 35.5 Å². The molecular weight excluding hydrogens is 336 g/mol. The van der Waals surface area contributed by atoms with E-state index in [4.69, 9.17) is 4.89 Å². The van der Waals surface area contributed by atoms with Crippen LogP contribution in [0.25, 0.3) is 0 Å². The van der Waals surface area contributed by atoms with Crippen molar-refractivity contribution in [2.24, 2.45) is 0 Å². The van der Waals surface area contributed by atoms with Gasteiger partial charge >= 0.3 is 6.03 Å². The quantitative estimate of drug-likeness (QED) is 0.626. The van der Waals surface area contributed by atoms with Crippen molar-refractivity contribution >= 4 is 39.5 Å². The van der Waals surface area contributed by atoms with Gasteiger partial charge in [-0.1, -0.05) is 32.1 Å². The molecule has 0 aliphatic heterocycles. The van der Waals surface area contributed by atoms with E-state index in [2.05, 4.69) is 46.5 Å². The Kier molecular flexibility index (Phi) is 5.69. The third kappa shape index (κ3) is 4.96. The lowest BCUT2D eigenvalue weighted by molar-refractivity contribution is -0.281. The summed E-state index contributed by atoms with van der Waals surface area (Å²) in [7, 11) is 1.45. The molecule has 2 aromatic rings. The lowest BCUT2D eigenvalue weighted by atomic mass is 9.94. The van der Waals surface area contributed by atoms with Crippen LogP contribution in [0.15, 0.2) is 6.07 Å². The second kappa shape index (κ2) is 7.35. The highest BCUT2D eigenvalue weighted by atomic mass is 32.1. The molecule has 0 radical (unpaired) electrons. The number of thiophene rings is 1. The van der Waals surface area contributed by atoms with E-state index >= 15 is 0 Å². The number of aryl methyl sites for hydroxylation is 1. The van der Waals surface area contributed by atoms with Gasteiger partial charge in [-0.15, -0.1) is 21.5 Å². The molecule has 2 N–H and O–H groups in total. The SMILES string of the molecule is COOCc1sc(C(C)(C)C)cc1NC(=O)Nc1nnc(C)s1. The van der Waals surface area contributed by atoms with Crippen LogP contribution in [0, 0.1) is 6.92 Å². The van der Waals surface area contributed by atoms with Crippen LogP contribution >= 0.6 is 22.7 Å². The van der Waals surface area contributed by atoms with E-state index in [0.717, 1.165) is 14.8 Å². The first kappa shape index (κ1) is 17.8. The molecule has 2 aromatic heterocycles. The van der Waals surface area contributed by atoms with Gasteiger partial charge < -0.3 is 5.32 Å². The summed E-state index contributed by atoms with van der Waals surface area (Å²) in [6, 6.07) is 1.60. The summed E-state index contributed by atoms with van der Waals surface area (Å²) in [5.41, 5.74) is 0.690. The number of rotatable bonds is 5. The average molecular weight is 356 g/mol. The van der Waals surface area contributed by atoms with Crippen LogP contribution in [0.3, 0.4) is 0 Å². The molecule has 126 valence electrons.